The number of nitrogens with zero attached hydrogens (tertiary/aromatic N) is 4. The maximum Gasteiger partial charge on any atom is 0.154 e. The van der Waals surface area contributed by atoms with Gasteiger partial charge in [0.15, 0.2) is 5.82 Å². The molecule has 0 aliphatic carbocycles. The van der Waals surface area contributed by atoms with Gasteiger partial charge in [-0.15, -0.1) is 0 Å². The Morgan fingerprint density at radius 3 is 2.08 bits per heavy atom. The topological polar surface area (TPSA) is 82.3 Å². The van der Waals surface area contributed by atoms with Crippen LogP contribution in [0, 0.1) is 17.7 Å². The molecule has 0 bridgehead atoms. The normalized spacial score (nSPS) is 15.7. The second-order valence-corrected chi connectivity index (χ2v) is 10.3. The van der Waals surface area contributed by atoms with Gasteiger partial charge in [0, 0.05) is 56.6 Å². The number of fused-ring (bicyclic) bond motifs is 2. The first-order chi connectivity index (χ1) is 19.0. The molecule has 2 aliphatic heterocycles. The number of nitrogens with one attached hydrogen (secondary N) is 3. The summed E-state index contributed by atoms with van der Waals surface area (Å²) in [5.74, 6) is 1.14. The number of rotatable bonds is 5. The number of pyridine rings is 1. The molecule has 196 valence electrons. The number of benzene rings is 3. The molecule has 0 unspecified atom stereocenters. The number of para-hydroxylation sites is 1. The first-order valence-corrected chi connectivity index (χ1v) is 13.4. The van der Waals surface area contributed by atoms with Crippen molar-refractivity contribution >= 4 is 28.9 Å². The van der Waals surface area contributed by atoms with Crippen LogP contribution in [-0.4, -0.2) is 52.6 Å². The van der Waals surface area contributed by atoms with Gasteiger partial charge in [0.1, 0.15) is 11.7 Å². The van der Waals surface area contributed by atoms with Gasteiger partial charge in [-0.3, -0.25) is 25.5 Å². The fraction of sp³-hybridized carbons (Fsp3) is 0.219. The van der Waals surface area contributed by atoms with Crippen molar-refractivity contribution in [2.45, 2.75) is 20.0 Å². The average molecular weight is 516 g/mol. The summed E-state index contributed by atoms with van der Waals surface area (Å²) in [7, 11) is 0. The van der Waals surface area contributed by atoms with Crippen molar-refractivity contribution in [2.75, 3.05) is 36.4 Å². The quantitative estimate of drug-likeness (QED) is 0.237. The van der Waals surface area contributed by atoms with Gasteiger partial charge in [-0.2, -0.15) is 0 Å². The summed E-state index contributed by atoms with van der Waals surface area (Å²) in [6.45, 7) is 8.26. The molecule has 1 saturated heterocycles. The van der Waals surface area contributed by atoms with Crippen molar-refractivity contribution in [3.63, 3.8) is 0 Å². The number of amidine groups is 2. The Morgan fingerprint density at radius 1 is 0.795 bits per heavy atom. The molecule has 0 amide bonds. The highest BCUT2D eigenvalue weighted by Gasteiger charge is 2.28. The maximum atomic E-state index is 9.09. The van der Waals surface area contributed by atoms with Crippen LogP contribution in [0.5, 0.6) is 0 Å². The molecular weight excluding hydrogens is 482 g/mol. The molecule has 7 nitrogen and oxygen atoms in total. The lowest BCUT2D eigenvalue weighted by Crippen LogP contribution is -2.45. The number of aryl methyl sites for hydroxylation is 1. The number of hydrogen-bond donors (Lipinski definition) is 3. The molecule has 0 spiro atoms. The van der Waals surface area contributed by atoms with Crippen molar-refractivity contribution in [2.24, 2.45) is 0 Å². The minimum Gasteiger partial charge on any atom is -0.338 e. The Bertz CT molecular complexity index is 1490. The van der Waals surface area contributed by atoms with Crippen LogP contribution in [0.15, 0.2) is 91.1 Å². The van der Waals surface area contributed by atoms with Gasteiger partial charge in [-0.1, -0.05) is 66.2 Å². The lowest BCUT2D eigenvalue weighted by atomic mass is 10.1. The molecule has 1 aromatic heterocycles. The van der Waals surface area contributed by atoms with Gasteiger partial charge in [0.2, 0.25) is 0 Å². The van der Waals surface area contributed by atoms with E-state index in [-0.39, 0.29) is 11.7 Å². The first kappa shape index (κ1) is 25.0. The molecule has 2 aliphatic rings. The summed E-state index contributed by atoms with van der Waals surface area (Å²) >= 11 is 0. The van der Waals surface area contributed by atoms with E-state index in [1.54, 1.807) is 11.1 Å². The molecular formula is C32H33N7. The van der Waals surface area contributed by atoms with Crippen LogP contribution >= 0.6 is 0 Å². The molecule has 4 aromatic rings. The van der Waals surface area contributed by atoms with E-state index in [0.717, 1.165) is 56.1 Å². The molecule has 1 fully saturated rings. The highest BCUT2D eigenvalue weighted by atomic mass is 15.3. The van der Waals surface area contributed by atoms with Gasteiger partial charge in [-0.05, 0) is 42.3 Å². The third-order valence-corrected chi connectivity index (χ3v) is 7.54. The minimum absolute atomic E-state index is 0.252. The average Bonchev–Trinajstić information content (AvgIpc) is 3.09. The van der Waals surface area contributed by atoms with Crippen LogP contribution < -0.4 is 10.2 Å². The molecule has 3 aromatic carbocycles. The fourth-order valence-corrected chi connectivity index (χ4v) is 5.29. The van der Waals surface area contributed by atoms with E-state index in [0.29, 0.717) is 11.5 Å². The SMILES string of the molecule is Cc1ccc(CN2CCN(Cc3ccc(C(=N)N4C(=N)c5ccccc5Nc5ncccc54)cc3)CC2)cc1. The van der Waals surface area contributed by atoms with Crippen molar-refractivity contribution < 1.29 is 0 Å². The Balaban J connectivity index is 1.12. The van der Waals surface area contributed by atoms with Crippen molar-refractivity contribution in [1.29, 1.82) is 10.8 Å². The lowest BCUT2D eigenvalue weighted by Gasteiger charge is -2.34. The number of hydrogen-bond acceptors (Lipinski definition) is 6. The van der Waals surface area contributed by atoms with Gasteiger partial charge in [0.25, 0.3) is 0 Å². The van der Waals surface area contributed by atoms with Crippen LogP contribution in [0.1, 0.15) is 27.8 Å². The second-order valence-electron chi connectivity index (χ2n) is 10.3. The van der Waals surface area contributed by atoms with Gasteiger partial charge < -0.3 is 5.32 Å². The van der Waals surface area contributed by atoms with E-state index in [1.807, 2.05) is 48.5 Å². The third-order valence-electron chi connectivity index (χ3n) is 7.54. The van der Waals surface area contributed by atoms with Crippen molar-refractivity contribution in [3.8, 4) is 0 Å². The summed E-state index contributed by atoms with van der Waals surface area (Å²) in [4.78, 5) is 11.2. The Morgan fingerprint density at radius 2 is 1.41 bits per heavy atom. The van der Waals surface area contributed by atoms with Crippen LogP contribution in [-0.2, 0) is 13.1 Å². The van der Waals surface area contributed by atoms with Crippen LogP contribution in [0.4, 0.5) is 17.2 Å². The second kappa shape index (κ2) is 10.8. The lowest BCUT2D eigenvalue weighted by molar-refractivity contribution is 0.122. The summed E-state index contributed by atoms with van der Waals surface area (Å²) in [5, 5.41) is 21.4. The number of anilines is 3. The highest BCUT2D eigenvalue weighted by Crippen LogP contribution is 2.34. The summed E-state index contributed by atoms with van der Waals surface area (Å²) in [6, 6.07) is 28.5. The molecule has 3 N–H and O–H groups in total. The zero-order valence-corrected chi connectivity index (χ0v) is 22.2. The van der Waals surface area contributed by atoms with Crippen molar-refractivity contribution in [1.82, 2.24) is 14.8 Å². The Kier molecular flexibility index (Phi) is 6.92. The smallest absolute Gasteiger partial charge is 0.154 e. The predicted molar refractivity (Wildman–Crippen MR) is 158 cm³/mol. The maximum absolute atomic E-state index is 9.09. The molecule has 6 rings (SSSR count). The summed E-state index contributed by atoms with van der Waals surface area (Å²) in [5.41, 5.74) is 6.92. The van der Waals surface area contributed by atoms with Crippen LogP contribution in [0.2, 0.25) is 0 Å². The van der Waals surface area contributed by atoms with Gasteiger partial charge in [0.05, 0.1) is 11.4 Å². The van der Waals surface area contributed by atoms with Gasteiger partial charge >= 0.3 is 0 Å². The van der Waals surface area contributed by atoms with E-state index < -0.39 is 0 Å². The molecule has 0 radical (unpaired) electrons. The number of aromatic nitrogens is 1. The zero-order valence-electron chi connectivity index (χ0n) is 22.2. The van der Waals surface area contributed by atoms with E-state index in [1.165, 1.54) is 16.7 Å². The minimum atomic E-state index is 0.252. The highest BCUT2D eigenvalue weighted by molar-refractivity contribution is 6.30. The molecule has 39 heavy (non-hydrogen) atoms. The number of piperazine rings is 1. The summed E-state index contributed by atoms with van der Waals surface area (Å²) in [6.07, 6.45) is 1.72. The van der Waals surface area contributed by atoms with E-state index in [4.69, 9.17) is 10.8 Å². The Hall–Kier alpha value is -4.33. The molecule has 0 atom stereocenters. The largest absolute Gasteiger partial charge is 0.338 e. The van der Waals surface area contributed by atoms with E-state index in [2.05, 4.69) is 63.4 Å². The monoisotopic (exact) mass is 515 g/mol. The Labute approximate surface area is 229 Å². The molecule has 0 saturated carbocycles. The first-order valence-electron chi connectivity index (χ1n) is 13.4. The van der Waals surface area contributed by atoms with E-state index in [9.17, 15) is 0 Å². The van der Waals surface area contributed by atoms with Crippen LogP contribution in [0.3, 0.4) is 0 Å². The molecule has 3 heterocycles. The summed E-state index contributed by atoms with van der Waals surface area (Å²) < 4.78 is 0. The van der Waals surface area contributed by atoms with Gasteiger partial charge in [-0.25, -0.2) is 4.98 Å². The zero-order chi connectivity index (χ0) is 26.8. The van der Waals surface area contributed by atoms with Crippen molar-refractivity contribution in [3.05, 3.63) is 119 Å². The predicted octanol–water partition coefficient (Wildman–Crippen LogP) is 5.62. The van der Waals surface area contributed by atoms with Crippen LogP contribution in [0.25, 0.3) is 0 Å². The van der Waals surface area contributed by atoms with E-state index >= 15 is 0 Å². The fourth-order valence-electron chi connectivity index (χ4n) is 5.29. The standard InChI is InChI=1S/C32H33N7/c1-23-8-10-24(11-9-23)21-37-17-19-38(20-18-37)22-25-12-14-26(15-13-25)30(33)39-29-7-4-16-35-32(29)36-28-6-3-2-5-27(28)31(39)34/h2-16,33-34H,17-22H2,1H3,(H,35,36). The molecule has 7 heteroatoms. The third kappa shape index (κ3) is 5.32.